The predicted molar refractivity (Wildman–Crippen MR) is 88.4 cm³/mol. The van der Waals surface area contributed by atoms with E-state index in [9.17, 15) is 4.79 Å². The molecule has 23 heavy (non-hydrogen) atoms. The van der Waals surface area contributed by atoms with E-state index >= 15 is 0 Å². The molecule has 8 heteroatoms. The molecule has 0 aliphatic carbocycles. The number of aromatic nitrogens is 2. The van der Waals surface area contributed by atoms with E-state index in [4.69, 9.17) is 4.74 Å². The SMILES string of the molecule is CCOC(=O)N1CCN(C(=NC)NCCCn2cccn2)CC1. The highest BCUT2D eigenvalue weighted by Gasteiger charge is 2.23. The van der Waals surface area contributed by atoms with Crippen molar-refractivity contribution in [3.8, 4) is 0 Å². The summed E-state index contributed by atoms with van der Waals surface area (Å²) in [6.07, 6.45) is 4.50. The first kappa shape index (κ1) is 17.1. The summed E-state index contributed by atoms with van der Waals surface area (Å²) in [5.41, 5.74) is 0. The Kier molecular flexibility index (Phi) is 6.71. The van der Waals surface area contributed by atoms with Crippen LogP contribution in [-0.2, 0) is 11.3 Å². The lowest BCUT2D eigenvalue weighted by Gasteiger charge is -2.35. The van der Waals surface area contributed by atoms with E-state index in [0.717, 1.165) is 38.6 Å². The van der Waals surface area contributed by atoms with E-state index in [-0.39, 0.29) is 6.09 Å². The van der Waals surface area contributed by atoms with E-state index in [1.165, 1.54) is 0 Å². The van der Waals surface area contributed by atoms with Crippen LogP contribution in [0.3, 0.4) is 0 Å². The molecule has 8 nitrogen and oxygen atoms in total. The van der Waals surface area contributed by atoms with Gasteiger partial charge in [0.1, 0.15) is 0 Å². The summed E-state index contributed by atoms with van der Waals surface area (Å²) in [7, 11) is 1.79. The number of aryl methyl sites for hydroxylation is 1. The van der Waals surface area contributed by atoms with Crippen LogP contribution >= 0.6 is 0 Å². The molecule has 1 aromatic heterocycles. The second kappa shape index (κ2) is 9.02. The summed E-state index contributed by atoms with van der Waals surface area (Å²) < 4.78 is 6.95. The monoisotopic (exact) mass is 322 g/mol. The molecule has 0 unspecified atom stereocenters. The highest BCUT2D eigenvalue weighted by Crippen LogP contribution is 2.04. The third kappa shape index (κ3) is 5.15. The smallest absolute Gasteiger partial charge is 0.409 e. The van der Waals surface area contributed by atoms with Crippen LogP contribution < -0.4 is 5.32 Å². The lowest BCUT2D eigenvalue weighted by molar-refractivity contribution is 0.0914. The van der Waals surface area contributed by atoms with E-state index in [1.54, 1.807) is 18.1 Å². The van der Waals surface area contributed by atoms with Gasteiger partial charge in [0.05, 0.1) is 6.61 Å². The zero-order chi connectivity index (χ0) is 16.5. The van der Waals surface area contributed by atoms with E-state index in [2.05, 4.69) is 20.3 Å². The number of aliphatic imine (C=N–C) groups is 1. The third-order valence-corrected chi connectivity index (χ3v) is 3.72. The number of amides is 1. The van der Waals surface area contributed by atoms with Gasteiger partial charge in [-0.05, 0) is 19.4 Å². The summed E-state index contributed by atoms with van der Waals surface area (Å²) in [6, 6.07) is 1.93. The molecular weight excluding hydrogens is 296 g/mol. The van der Waals surface area contributed by atoms with Crippen molar-refractivity contribution in [2.45, 2.75) is 19.9 Å². The summed E-state index contributed by atoms with van der Waals surface area (Å²) in [5.74, 6) is 0.883. The predicted octanol–water partition coefficient (Wildman–Crippen LogP) is 0.623. The van der Waals surface area contributed by atoms with Gasteiger partial charge in [-0.25, -0.2) is 4.79 Å². The number of rotatable bonds is 5. The van der Waals surface area contributed by atoms with Crippen molar-refractivity contribution in [2.75, 3.05) is 46.4 Å². The molecule has 2 heterocycles. The number of ether oxygens (including phenoxy) is 1. The maximum atomic E-state index is 11.7. The number of nitrogens with zero attached hydrogens (tertiary/aromatic N) is 5. The topological polar surface area (TPSA) is 75.0 Å². The lowest BCUT2D eigenvalue weighted by Crippen LogP contribution is -2.54. The Balaban J connectivity index is 1.69. The van der Waals surface area contributed by atoms with Gasteiger partial charge in [-0.15, -0.1) is 0 Å². The Morgan fingerprint density at radius 2 is 2.04 bits per heavy atom. The van der Waals surface area contributed by atoms with Crippen LogP contribution in [0.15, 0.2) is 23.5 Å². The molecule has 1 aliphatic rings. The number of guanidine groups is 1. The van der Waals surface area contributed by atoms with Crippen molar-refractivity contribution in [1.82, 2.24) is 24.9 Å². The van der Waals surface area contributed by atoms with E-state index in [1.807, 2.05) is 23.9 Å². The average Bonchev–Trinajstić information content (AvgIpc) is 3.09. The largest absolute Gasteiger partial charge is 0.450 e. The Morgan fingerprint density at radius 3 is 2.65 bits per heavy atom. The van der Waals surface area contributed by atoms with Gasteiger partial charge in [0.15, 0.2) is 5.96 Å². The Bertz CT molecular complexity index is 494. The molecule has 0 radical (unpaired) electrons. The van der Waals surface area contributed by atoms with Crippen molar-refractivity contribution in [2.24, 2.45) is 4.99 Å². The summed E-state index contributed by atoms with van der Waals surface area (Å²) in [5, 5.41) is 7.55. The van der Waals surface area contributed by atoms with E-state index < -0.39 is 0 Å². The van der Waals surface area contributed by atoms with Gasteiger partial charge in [0, 0.05) is 58.7 Å². The second-order valence-corrected chi connectivity index (χ2v) is 5.27. The highest BCUT2D eigenvalue weighted by atomic mass is 16.6. The van der Waals surface area contributed by atoms with Gasteiger partial charge in [0.2, 0.25) is 0 Å². The normalized spacial score (nSPS) is 15.7. The lowest BCUT2D eigenvalue weighted by atomic mass is 10.3. The van der Waals surface area contributed by atoms with Gasteiger partial charge in [-0.1, -0.05) is 0 Å². The van der Waals surface area contributed by atoms with Crippen molar-refractivity contribution in [3.05, 3.63) is 18.5 Å². The van der Waals surface area contributed by atoms with Crippen LogP contribution in [-0.4, -0.2) is 78.0 Å². The van der Waals surface area contributed by atoms with Crippen LogP contribution in [0.2, 0.25) is 0 Å². The molecule has 128 valence electrons. The number of carbonyl (C=O) groups excluding carboxylic acids is 1. The quantitative estimate of drug-likeness (QED) is 0.489. The molecule has 0 spiro atoms. The molecule has 0 aromatic carbocycles. The summed E-state index contributed by atoms with van der Waals surface area (Å²) in [4.78, 5) is 19.9. The van der Waals surface area contributed by atoms with Gasteiger partial charge in [-0.3, -0.25) is 9.67 Å². The number of hydrogen-bond acceptors (Lipinski definition) is 4. The minimum Gasteiger partial charge on any atom is -0.450 e. The maximum absolute atomic E-state index is 11.7. The number of hydrogen-bond donors (Lipinski definition) is 1. The average molecular weight is 322 g/mol. The van der Waals surface area contributed by atoms with Crippen LogP contribution in [0.5, 0.6) is 0 Å². The van der Waals surface area contributed by atoms with Crippen molar-refractivity contribution >= 4 is 12.1 Å². The maximum Gasteiger partial charge on any atom is 0.409 e. The molecule has 1 aliphatic heterocycles. The summed E-state index contributed by atoms with van der Waals surface area (Å²) in [6.45, 7) is 6.80. The first-order valence-electron chi connectivity index (χ1n) is 8.09. The molecule has 1 fully saturated rings. The Hall–Kier alpha value is -2.25. The first-order chi connectivity index (χ1) is 11.2. The molecule has 1 N–H and O–H groups in total. The van der Waals surface area contributed by atoms with Crippen LogP contribution in [0.25, 0.3) is 0 Å². The van der Waals surface area contributed by atoms with Crippen molar-refractivity contribution < 1.29 is 9.53 Å². The van der Waals surface area contributed by atoms with Crippen LogP contribution in [0.4, 0.5) is 4.79 Å². The molecule has 2 rings (SSSR count). The minimum atomic E-state index is -0.227. The van der Waals surface area contributed by atoms with E-state index in [0.29, 0.717) is 19.7 Å². The van der Waals surface area contributed by atoms with Crippen LogP contribution in [0, 0.1) is 0 Å². The molecule has 1 amide bonds. The molecular formula is C15H26N6O2. The molecule has 1 saturated heterocycles. The molecule has 0 saturated carbocycles. The fourth-order valence-corrected chi connectivity index (χ4v) is 2.52. The highest BCUT2D eigenvalue weighted by molar-refractivity contribution is 5.80. The standard InChI is InChI=1S/C15H26N6O2/c1-3-23-15(22)20-12-10-19(11-13-20)14(16-2)17-6-4-8-21-9-5-7-18-21/h5,7,9H,3-4,6,8,10-13H2,1-2H3,(H,16,17). The fraction of sp³-hybridized carbons (Fsp3) is 0.667. The van der Waals surface area contributed by atoms with Gasteiger partial charge in [-0.2, -0.15) is 5.10 Å². The van der Waals surface area contributed by atoms with Crippen molar-refractivity contribution in [3.63, 3.8) is 0 Å². The van der Waals surface area contributed by atoms with Gasteiger partial charge >= 0.3 is 6.09 Å². The third-order valence-electron chi connectivity index (χ3n) is 3.72. The second-order valence-electron chi connectivity index (χ2n) is 5.27. The minimum absolute atomic E-state index is 0.227. The zero-order valence-corrected chi connectivity index (χ0v) is 13.9. The van der Waals surface area contributed by atoms with Gasteiger partial charge in [0.25, 0.3) is 0 Å². The molecule has 1 aromatic rings. The summed E-state index contributed by atoms with van der Waals surface area (Å²) >= 11 is 0. The van der Waals surface area contributed by atoms with Crippen molar-refractivity contribution in [1.29, 1.82) is 0 Å². The molecule has 0 atom stereocenters. The fourth-order valence-electron chi connectivity index (χ4n) is 2.52. The number of nitrogens with one attached hydrogen (secondary N) is 1. The number of carbonyl (C=O) groups is 1. The Labute approximate surface area is 137 Å². The number of piperazine rings is 1. The Morgan fingerprint density at radius 1 is 1.30 bits per heavy atom. The molecule has 0 bridgehead atoms. The van der Waals surface area contributed by atoms with Gasteiger partial charge < -0.3 is 19.9 Å². The zero-order valence-electron chi connectivity index (χ0n) is 13.9. The first-order valence-corrected chi connectivity index (χ1v) is 8.09. The van der Waals surface area contributed by atoms with Crippen LogP contribution in [0.1, 0.15) is 13.3 Å².